The number of fused-ring (bicyclic) bond motifs is 1. The van der Waals surface area contributed by atoms with Crippen LogP contribution >= 0.6 is 0 Å². The molecular weight excluding hydrogens is 390 g/mol. The summed E-state index contributed by atoms with van der Waals surface area (Å²) < 4.78 is 32.6. The molecule has 30 heavy (non-hydrogen) atoms. The lowest BCUT2D eigenvalue weighted by Crippen LogP contribution is -2.22. The number of nitrogens with one attached hydrogen (secondary N) is 1. The fourth-order valence-corrected chi connectivity index (χ4v) is 4.03. The minimum Gasteiger partial charge on any atom is -0.477 e. The normalized spacial score (nSPS) is 16.1. The van der Waals surface area contributed by atoms with Gasteiger partial charge in [-0.3, -0.25) is 4.79 Å². The number of aromatic carboxylic acids is 1. The molecule has 2 aliphatic carbocycles. The first kappa shape index (κ1) is 18.8. The number of carboxylic acid groups (broad SMARTS) is 1. The van der Waals surface area contributed by atoms with Gasteiger partial charge in [0.1, 0.15) is 5.56 Å². The zero-order valence-electron chi connectivity index (χ0n) is 16.1. The van der Waals surface area contributed by atoms with E-state index in [-0.39, 0.29) is 40.7 Å². The molecular formula is C23H20F2N2O3. The van der Waals surface area contributed by atoms with Crippen molar-refractivity contribution in [2.45, 2.75) is 44.2 Å². The molecule has 154 valence electrons. The summed E-state index contributed by atoms with van der Waals surface area (Å²) in [5.74, 6) is -3.15. The largest absolute Gasteiger partial charge is 0.477 e. The summed E-state index contributed by atoms with van der Waals surface area (Å²) in [6.07, 6.45) is 4.12. The highest BCUT2D eigenvalue weighted by atomic mass is 19.1. The second-order valence-electron chi connectivity index (χ2n) is 8.07. The fraction of sp³-hybridized carbons (Fsp3) is 0.304. The number of carboxylic acids is 1. The highest BCUT2D eigenvalue weighted by Gasteiger charge is 2.36. The van der Waals surface area contributed by atoms with Crippen LogP contribution in [-0.4, -0.2) is 15.6 Å². The van der Waals surface area contributed by atoms with E-state index in [9.17, 15) is 14.7 Å². The summed E-state index contributed by atoms with van der Waals surface area (Å²) in [4.78, 5) is 24.7. The SMILES string of the molecule is O=C(O)c1cn(C2CC2)c2c(F)c(C3CC3)c(F)c(NCc3ccccc3)c2c1=O. The smallest absolute Gasteiger partial charge is 0.341 e. The van der Waals surface area contributed by atoms with E-state index < -0.39 is 28.6 Å². The van der Waals surface area contributed by atoms with Crippen molar-refractivity contribution >= 4 is 22.6 Å². The van der Waals surface area contributed by atoms with Crippen LogP contribution in [-0.2, 0) is 6.54 Å². The molecule has 2 fully saturated rings. The number of aromatic nitrogens is 1. The second-order valence-corrected chi connectivity index (χ2v) is 8.07. The first-order chi connectivity index (χ1) is 14.5. The van der Waals surface area contributed by atoms with E-state index in [4.69, 9.17) is 0 Å². The van der Waals surface area contributed by atoms with Crippen molar-refractivity contribution in [3.8, 4) is 0 Å². The number of nitrogens with zero attached hydrogens (tertiary/aromatic N) is 1. The van der Waals surface area contributed by atoms with Crippen molar-refractivity contribution in [1.82, 2.24) is 4.57 Å². The van der Waals surface area contributed by atoms with Crippen molar-refractivity contribution < 1.29 is 18.7 Å². The average Bonchev–Trinajstić information content (AvgIpc) is 3.62. The third-order valence-corrected chi connectivity index (χ3v) is 5.85. The van der Waals surface area contributed by atoms with Gasteiger partial charge in [-0.05, 0) is 37.2 Å². The van der Waals surface area contributed by atoms with Crippen LogP contribution in [0.5, 0.6) is 0 Å². The van der Waals surface area contributed by atoms with E-state index in [1.807, 2.05) is 30.3 Å². The maximum atomic E-state index is 15.6. The van der Waals surface area contributed by atoms with Crippen LogP contribution in [0, 0.1) is 11.6 Å². The standard InChI is InChI=1S/C23H20F2N2O3/c24-18-16(13-6-7-13)19(25)21-17(20(18)26-10-12-4-2-1-3-5-12)22(28)15(23(29)30)11-27(21)14-8-9-14/h1-5,11,13-14,26H,6-10H2,(H,29,30). The van der Waals surface area contributed by atoms with Crippen LogP contribution in [0.15, 0.2) is 41.3 Å². The number of halogens is 2. The van der Waals surface area contributed by atoms with Gasteiger partial charge in [0.2, 0.25) is 5.43 Å². The zero-order valence-corrected chi connectivity index (χ0v) is 16.1. The van der Waals surface area contributed by atoms with Crippen LogP contribution in [0.3, 0.4) is 0 Å². The topological polar surface area (TPSA) is 71.3 Å². The van der Waals surface area contributed by atoms with Crippen molar-refractivity contribution in [2.75, 3.05) is 5.32 Å². The van der Waals surface area contributed by atoms with Gasteiger partial charge in [0.05, 0.1) is 16.6 Å². The molecule has 2 saturated carbocycles. The fourth-order valence-electron chi connectivity index (χ4n) is 4.03. The summed E-state index contributed by atoms with van der Waals surface area (Å²) in [5.41, 5.74) is -0.597. The van der Waals surface area contributed by atoms with Gasteiger partial charge in [0.25, 0.3) is 0 Å². The summed E-state index contributed by atoms with van der Waals surface area (Å²) in [7, 11) is 0. The quantitative estimate of drug-likeness (QED) is 0.612. The first-order valence-corrected chi connectivity index (χ1v) is 10.1. The van der Waals surface area contributed by atoms with Crippen LogP contribution in [0.4, 0.5) is 14.5 Å². The Bertz CT molecular complexity index is 1230. The van der Waals surface area contributed by atoms with Gasteiger partial charge in [-0.15, -0.1) is 0 Å². The molecule has 0 amide bonds. The van der Waals surface area contributed by atoms with Gasteiger partial charge in [0, 0.05) is 24.3 Å². The molecule has 0 unspecified atom stereocenters. The third kappa shape index (κ3) is 3.05. The molecule has 5 nitrogen and oxygen atoms in total. The Kier molecular flexibility index (Phi) is 4.34. The summed E-state index contributed by atoms with van der Waals surface area (Å²) >= 11 is 0. The van der Waals surface area contributed by atoms with Crippen LogP contribution < -0.4 is 10.7 Å². The Morgan fingerprint density at radius 1 is 1.10 bits per heavy atom. The van der Waals surface area contributed by atoms with Crippen molar-refractivity contribution in [2.24, 2.45) is 0 Å². The number of hydrogen-bond acceptors (Lipinski definition) is 3. The first-order valence-electron chi connectivity index (χ1n) is 10.1. The molecule has 1 aromatic heterocycles. The predicted molar refractivity (Wildman–Crippen MR) is 109 cm³/mol. The predicted octanol–water partition coefficient (Wildman–Crippen LogP) is 4.80. The Morgan fingerprint density at radius 3 is 2.40 bits per heavy atom. The Labute approximate surface area is 171 Å². The molecule has 5 rings (SSSR count). The van der Waals surface area contributed by atoms with Gasteiger partial charge < -0.3 is 15.0 Å². The number of anilines is 1. The molecule has 2 N–H and O–H groups in total. The molecule has 2 aromatic carbocycles. The molecule has 0 radical (unpaired) electrons. The van der Waals surface area contributed by atoms with E-state index in [1.54, 1.807) is 0 Å². The Morgan fingerprint density at radius 2 is 1.80 bits per heavy atom. The molecule has 1 heterocycles. The molecule has 0 atom stereocenters. The van der Waals surface area contributed by atoms with Gasteiger partial charge in [-0.2, -0.15) is 0 Å². The third-order valence-electron chi connectivity index (χ3n) is 5.85. The minimum absolute atomic E-state index is 0.00469. The minimum atomic E-state index is -1.41. The Hall–Kier alpha value is -3.22. The number of hydrogen-bond donors (Lipinski definition) is 2. The van der Waals surface area contributed by atoms with E-state index >= 15 is 8.78 Å². The number of rotatable bonds is 6. The number of pyridine rings is 1. The lowest BCUT2D eigenvalue weighted by Gasteiger charge is -2.19. The van der Waals surface area contributed by atoms with Crippen molar-refractivity contribution in [3.05, 3.63) is 75.1 Å². The van der Waals surface area contributed by atoms with Gasteiger partial charge in [-0.25, -0.2) is 13.6 Å². The lowest BCUT2D eigenvalue weighted by atomic mass is 10.0. The molecule has 0 aliphatic heterocycles. The van der Waals surface area contributed by atoms with Gasteiger partial charge in [-0.1, -0.05) is 30.3 Å². The molecule has 7 heteroatoms. The van der Waals surface area contributed by atoms with E-state index in [2.05, 4.69) is 5.32 Å². The monoisotopic (exact) mass is 410 g/mol. The molecule has 0 bridgehead atoms. The van der Waals surface area contributed by atoms with Crippen LogP contribution in [0.1, 0.15) is 59.1 Å². The lowest BCUT2D eigenvalue weighted by molar-refractivity contribution is 0.0695. The average molecular weight is 410 g/mol. The van der Waals surface area contributed by atoms with Crippen LogP contribution in [0.2, 0.25) is 0 Å². The summed E-state index contributed by atoms with van der Waals surface area (Å²) in [6, 6.07) is 9.16. The highest BCUT2D eigenvalue weighted by molar-refractivity contribution is 5.99. The van der Waals surface area contributed by atoms with E-state index in [0.717, 1.165) is 18.4 Å². The second kappa shape index (κ2) is 6.93. The zero-order chi connectivity index (χ0) is 21.0. The molecule has 0 saturated heterocycles. The molecule has 3 aromatic rings. The van der Waals surface area contributed by atoms with Crippen molar-refractivity contribution in [3.63, 3.8) is 0 Å². The van der Waals surface area contributed by atoms with Gasteiger partial charge >= 0.3 is 5.97 Å². The number of carbonyl (C=O) groups is 1. The summed E-state index contributed by atoms with van der Waals surface area (Å²) in [6.45, 7) is 0.225. The maximum Gasteiger partial charge on any atom is 0.341 e. The highest BCUT2D eigenvalue weighted by Crippen LogP contribution is 2.47. The molecule has 0 spiro atoms. The van der Waals surface area contributed by atoms with E-state index in [0.29, 0.717) is 12.8 Å². The summed E-state index contributed by atoms with van der Waals surface area (Å²) in [5, 5.41) is 12.3. The molecule has 2 aliphatic rings. The van der Waals surface area contributed by atoms with Gasteiger partial charge in [0.15, 0.2) is 11.6 Å². The van der Waals surface area contributed by atoms with Crippen molar-refractivity contribution in [1.29, 1.82) is 0 Å². The van der Waals surface area contributed by atoms with E-state index in [1.165, 1.54) is 10.8 Å². The number of benzene rings is 2. The Balaban J connectivity index is 1.79. The maximum absolute atomic E-state index is 15.6. The van der Waals surface area contributed by atoms with Crippen LogP contribution in [0.25, 0.3) is 10.9 Å².